The van der Waals surface area contributed by atoms with Crippen molar-refractivity contribution in [1.29, 1.82) is 0 Å². The molecule has 1 aromatic rings. The van der Waals surface area contributed by atoms with Crippen LogP contribution in [0.1, 0.15) is 37.6 Å². The molecule has 0 atom stereocenters. The van der Waals surface area contributed by atoms with Gasteiger partial charge in [-0.05, 0) is 27.2 Å². The molecular formula is C23H33N5O7S. The first-order valence-electron chi connectivity index (χ1n) is 11.2. The molecule has 13 heteroatoms. The minimum atomic E-state index is -0.597. The topological polar surface area (TPSA) is 172 Å². The number of hydrogen-bond donors (Lipinski definition) is 5. The first-order chi connectivity index (χ1) is 17.0. The van der Waals surface area contributed by atoms with Gasteiger partial charge < -0.3 is 31.3 Å². The zero-order valence-corrected chi connectivity index (χ0v) is 21.4. The number of amides is 5. The number of nitrogens with one attached hydrogen (secondary N) is 5. The van der Waals surface area contributed by atoms with Gasteiger partial charge in [0.05, 0.1) is 25.4 Å². The molecule has 5 N–H and O–H groups in total. The summed E-state index contributed by atoms with van der Waals surface area (Å²) in [5, 5.41) is 11.9. The lowest BCUT2D eigenvalue weighted by molar-refractivity contribution is -0.128. The van der Waals surface area contributed by atoms with Gasteiger partial charge in [-0.1, -0.05) is 42.1 Å². The second kappa shape index (κ2) is 16.1. The van der Waals surface area contributed by atoms with Crippen molar-refractivity contribution < 1.29 is 33.5 Å². The highest BCUT2D eigenvalue weighted by atomic mass is 32.2. The van der Waals surface area contributed by atoms with E-state index in [1.807, 2.05) is 0 Å². The van der Waals surface area contributed by atoms with E-state index in [9.17, 15) is 28.8 Å². The fraction of sp³-hybridized carbons (Fsp3) is 0.478. The first kappa shape index (κ1) is 30.4. The Labute approximate surface area is 214 Å². The molecule has 198 valence electrons. The predicted octanol–water partition coefficient (Wildman–Crippen LogP) is -0.0604. The summed E-state index contributed by atoms with van der Waals surface area (Å²) in [6, 6.07) is 8.49. The predicted molar refractivity (Wildman–Crippen MR) is 134 cm³/mol. The summed E-state index contributed by atoms with van der Waals surface area (Å²) in [5.74, 6) is -2.25. The second-order valence-corrected chi connectivity index (χ2v) is 9.35. The molecule has 0 aliphatic rings. The van der Waals surface area contributed by atoms with Gasteiger partial charge in [0.2, 0.25) is 28.7 Å². The third kappa shape index (κ3) is 15.3. The number of carbonyl (C=O) groups excluding carboxylic acids is 6. The third-order valence-electron chi connectivity index (χ3n) is 4.03. The Morgan fingerprint density at radius 1 is 0.722 bits per heavy atom. The lowest BCUT2D eigenvalue weighted by atomic mass is 10.2. The zero-order chi connectivity index (χ0) is 27.0. The van der Waals surface area contributed by atoms with Gasteiger partial charge in [-0.25, -0.2) is 4.79 Å². The van der Waals surface area contributed by atoms with E-state index in [0.29, 0.717) is 18.5 Å². The molecule has 0 fully saturated rings. The van der Waals surface area contributed by atoms with Crippen molar-refractivity contribution >= 4 is 46.6 Å². The number of hydrogen-bond acceptors (Lipinski definition) is 8. The van der Waals surface area contributed by atoms with Crippen molar-refractivity contribution in [2.45, 2.75) is 32.8 Å². The van der Waals surface area contributed by atoms with E-state index in [4.69, 9.17) is 4.74 Å². The van der Waals surface area contributed by atoms with Crippen LogP contribution in [-0.2, 0) is 23.9 Å². The Kier molecular flexibility index (Phi) is 13.6. The van der Waals surface area contributed by atoms with Gasteiger partial charge in [-0.15, -0.1) is 0 Å². The lowest BCUT2D eigenvalue weighted by Crippen LogP contribution is -2.44. The highest BCUT2D eigenvalue weighted by Crippen LogP contribution is 2.11. The van der Waals surface area contributed by atoms with Crippen molar-refractivity contribution in [3.63, 3.8) is 0 Å². The zero-order valence-electron chi connectivity index (χ0n) is 20.6. The molecule has 0 saturated heterocycles. The first-order valence-corrected chi connectivity index (χ1v) is 12.2. The average Bonchev–Trinajstić information content (AvgIpc) is 2.82. The quantitative estimate of drug-likeness (QED) is 0.224. The van der Waals surface area contributed by atoms with Crippen LogP contribution < -0.4 is 26.6 Å². The van der Waals surface area contributed by atoms with Gasteiger partial charge in [0, 0.05) is 18.7 Å². The van der Waals surface area contributed by atoms with Crippen LogP contribution in [0.4, 0.5) is 4.79 Å². The maximum Gasteiger partial charge on any atom is 0.407 e. The summed E-state index contributed by atoms with van der Waals surface area (Å²) in [7, 11) is 0. The SMILES string of the molecule is CC(C)(C)OC(=O)NCCCNC(=O)CNC(=O)CNC(=O)CNC(=O)CSC(=O)c1ccccc1. The monoisotopic (exact) mass is 523 g/mol. The van der Waals surface area contributed by atoms with Crippen molar-refractivity contribution in [2.24, 2.45) is 0 Å². The average molecular weight is 524 g/mol. The van der Waals surface area contributed by atoms with E-state index in [2.05, 4.69) is 26.6 Å². The fourth-order valence-corrected chi connectivity index (χ4v) is 3.05. The fourth-order valence-electron chi connectivity index (χ4n) is 2.38. The van der Waals surface area contributed by atoms with Crippen LogP contribution in [0, 0.1) is 0 Å². The van der Waals surface area contributed by atoms with Crippen LogP contribution >= 0.6 is 11.8 Å². The smallest absolute Gasteiger partial charge is 0.407 e. The minimum Gasteiger partial charge on any atom is -0.444 e. The minimum absolute atomic E-state index is 0.145. The summed E-state index contributed by atoms with van der Waals surface area (Å²) < 4.78 is 5.08. The number of ether oxygens (including phenoxy) is 1. The molecule has 0 heterocycles. The molecule has 0 spiro atoms. The van der Waals surface area contributed by atoms with E-state index < -0.39 is 35.3 Å². The number of thioether (sulfide) groups is 1. The van der Waals surface area contributed by atoms with Gasteiger partial charge >= 0.3 is 6.09 Å². The van der Waals surface area contributed by atoms with E-state index >= 15 is 0 Å². The maximum absolute atomic E-state index is 11.9. The Morgan fingerprint density at radius 3 is 1.78 bits per heavy atom. The van der Waals surface area contributed by atoms with Crippen LogP contribution in [0.15, 0.2) is 30.3 Å². The molecule has 1 rings (SSSR count). The molecule has 0 aromatic heterocycles. The number of rotatable bonds is 13. The van der Waals surface area contributed by atoms with Gasteiger partial charge in [-0.2, -0.15) is 0 Å². The second-order valence-electron chi connectivity index (χ2n) is 8.40. The van der Waals surface area contributed by atoms with E-state index in [1.54, 1.807) is 51.1 Å². The highest BCUT2D eigenvalue weighted by Gasteiger charge is 2.15. The Bertz CT molecular complexity index is 919. The molecule has 0 radical (unpaired) electrons. The normalized spacial score (nSPS) is 10.5. The standard InChI is InChI=1S/C23H33N5O7S/c1-23(2,3)35-22(34)25-11-7-10-24-17(29)12-26-18(30)13-27-19(31)14-28-20(32)15-36-21(33)16-8-5-4-6-9-16/h4-6,8-9H,7,10-15H2,1-3H3,(H,24,29)(H,25,34)(H,26,30)(H,27,31)(H,28,32). The highest BCUT2D eigenvalue weighted by molar-refractivity contribution is 8.14. The lowest BCUT2D eigenvalue weighted by Gasteiger charge is -2.19. The van der Waals surface area contributed by atoms with Crippen LogP contribution in [0.3, 0.4) is 0 Å². The van der Waals surface area contributed by atoms with Gasteiger partial charge in [0.1, 0.15) is 5.60 Å². The van der Waals surface area contributed by atoms with Crippen molar-refractivity contribution in [2.75, 3.05) is 38.5 Å². The van der Waals surface area contributed by atoms with Crippen molar-refractivity contribution in [1.82, 2.24) is 26.6 Å². The van der Waals surface area contributed by atoms with E-state index in [1.165, 1.54) is 0 Å². The van der Waals surface area contributed by atoms with Crippen LogP contribution in [0.25, 0.3) is 0 Å². The van der Waals surface area contributed by atoms with Crippen LogP contribution in [-0.4, -0.2) is 78.9 Å². The van der Waals surface area contributed by atoms with Gasteiger partial charge in [0.15, 0.2) is 0 Å². The third-order valence-corrected chi connectivity index (χ3v) is 4.93. The largest absolute Gasteiger partial charge is 0.444 e. The van der Waals surface area contributed by atoms with E-state index in [-0.39, 0.29) is 37.0 Å². The van der Waals surface area contributed by atoms with Crippen molar-refractivity contribution in [3.8, 4) is 0 Å². The number of alkyl carbamates (subject to hydrolysis) is 1. The molecular weight excluding hydrogens is 490 g/mol. The summed E-state index contributed by atoms with van der Waals surface area (Å²) in [5.41, 5.74) is -0.115. The molecule has 5 amide bonds. The van der Waals surface area contributed by atoms with Crippen LogP contribution in [0.5, 0.6) is 0 Å². The number of benzene rings is 1. The summed E-state index contributed by atoms with van der Waals surface area (Å²) >= 11 is 0.819. The Balaban J connectivity index is 2.08. The summed E-state index contributed by atoms with van der Waals surface area (Å²) in [4.78, 5) is 70.5. The molecule has 0 saturated carbocycles. The Hall–Kier alpha value is -3.61. The molecule has 0 aliphatic heterocycles. The van der Waals surface area contributed by atoms with Crippen molar-refractivity contribution in [3.05, 3.63) is 35.9 Å². The molecule has 0 bridgehead atoms. The molecule has 1 aromatic carbocycles. The van der Waals surface area contributed by atoms with E-state index in [0.717, 1.165) is 11.8 Å². The summed E-state index contributed by atoms with van der Waals surface area (Å²) in [6.45, 7) is 4.85. The molecule has 36 heavy (non-hydrogen) atoms. The van der Waals surface area contributed by atoms with Gasteiger partial charge in [0.25, 0.3) is 0 Å². The van der Waals surface area contributed by atoms with Crippen LogP contribution in [0.2, 0.25) is 0 Å². The van der Waals surface area contributed by atoms with Gasteiger partial charge in [-0.3, -0.25) is 24.0 Å². The maximum atomic E-state index is 11.9. The summed E-state index contributed by atoms with van der Waals surface area (Å²) in [6.07, 6.45) is -0.0700. The molecule has 12 nitrogen and oxygen atoms in total. The molecule has 0 aliphatic carbocycles. The molecule has 0 unspecified atom stereocenters. The number of carbonyl (C=O) groups is 6. The Morgan fingerprint density at radius 2 is 1.22 bits per heavy atom.